The minimum Gasteiger partial charge on any atom is -0.480 e. The van der Waals surface area contributed by atoms with Gasteiger partial charge in [0.15, 0.2) is 0 Å². The van der Waals surface area contributed by atoms with Crippen molar-refractivity contribution in [3.05, 3.63) is 36.0 Å². The number of carboxylic acid groups (broad SMARTS) is 1. The van der Waals surface area contributed by atoms with Gasteiger partial charge >= 0.3 is 5.97 Å². The van der Waals surface area contributed by atoms with Gasteiger partial charge in [0.25, 0.3) is 0 Å². The van der Waals surface area contributed by atoms with Gasteiger partial charge in [0, 0.05) is 30.1 Å². The van der Waals surface area contributed by atoms with E-state index < -0.39 is 5.97 Å². The van der Waals surface area contributed by atoms with E-state index in [-0.39, 0.29) is 19.1 Å². The number of carboxylic acids is 1. The van der Waals surface area contributed by atoms with Crippen LogP contribution in [0.25, 0.3) is 10.9 Å². The van der Waals surface area contributed by atoms with Crippen molar-refractivity contribution in [1.82, 2.24) is 10.3 Å². The fourth-order valence-corrected chi connectivity index (χ4v) is 2.10. The Balaban J connectivity index is 1.70. The lowest BCUT2D eigenvalue weighted by atomic mass is 10.1. The highest BCUT2D eigenvalue weighted by atomic mass is 16.5. The molecule has 1 heterocycles. The number of H-pyrrole nitrogens is 1. The van der Waals surface area contributed by atoms with Crippen LogP contribution in [0.3, 0.4) is 0 Å². The van der Waals surface area contributed by atoms with Crippen LogP contribution >= 0.6 is 0 Å². The zero-order valence-electron chi connectivity index (χ0n) is 11.6. The van der Waals surface area contributed by atoms with Gasteiger partial charge in [-0.2, -0.15) is 0 Å². The maximum atomic E-state index is 11.7. The van der Waals surface area contributed by atoms with Gasteiger partial charge in [0.1, 0.15) is 6.61 Å². The number of fused-ring (bicyclic) bond motifs is 1. The maximum Gasteiger partial charge on any atom is 0.329 e. The predicted molar refractivity (Wildman–Crippen MR) is 78.1 cm³/mol. The topological polar surface area (TPSA) is 91.4 Å². The Morgan fingerprint density at radius 2 is 2.10 bits per heavy atom. The van der Waals surface area contributed by atoms with Gasteiger partial charge < -0.3 is 20.1 Å². The van der Waals surface area contributed by atoms with Crippen molar-refractivity contribution in [2.75, 3.05) is 19.8 Å². The van der Waals surface area contributed by atoms with Gasteiger partial charge in [-0.3, -0.25) is 4.79 Å². The molecule has 6 heteroatoms. The number of para-hydroxylation sites is 1. The highest BCUT2D eigenvalue weighted by Gasteiger charge is 2.06. The first kappa shape index (κ1) is 15.1. The first-order chi connectivity index (χ1) is 10.2. The van der Waals surface area contributed by atoms with Crippen molar-refractivity contribution in [2.45, 2.75) is 12.8 Å². The fourth-order valence-electron chi connectivity index (χ4n) is 2.10. The van der Waals surface area contributed by atoms with Crippen LogP contribution in [-0.4, -0.2) is 41.7 Å². The number of ether oxygens (including phenoxy) is 1. The lowest BCUT2D eigenvalue weighted by Crippen LogP contribution is -2.28. The van der Waals surface area contributed by atoms with Crippen LogP contribution in [0.15, 0.2) is 30.5 Å². The highest BCUT2D eigenvalue weighted by Crippen LogP contribution is 2.18. The van der Waals surface area contributed by atoms with E-state index in [2.05, 4.69) is 10.3 Å². The molecule has 2 aromatic rings. The van der Waals surface area contributed by atoms with Crippen molar-refractivity contribution in [1.29, 1.82) is 0 Å². The summed E-state index contributed by atoms with van der Waals surface area (Å²) >= 11 is 0. The average molecular weight is 290 g/mol. The van der Waals surface area contributed by atoms with Crippen LogP contribution in [0.1, 0.15) is 12.0 Å². The second kappa shape index (κ2) is 7.44. The van der Waals surface area contributed by atoms with E-state index in [1.165, 1.54) is 0 Å². The molecular formula is C15H18N2O4. The Hall–Kier alpha value is -2.34. The number of amides is 1. The molecule has 0 unspecified atom stereocenters. The van der Waals surface area contributed by atoms with Crippen molar-refractivity contribution in [2.24, 2.45) is 0 Å². The van der Waals surface area contributed by atoms with Gasteiger partial charge in [-0.05, 0) is 18.1 Å². The molecule has 0 aliphatic heterocycles. The SMILES string of the molecule is O=C(O)COCCNC(=O)CCc1c[nH]c2ccccc12. The van der Waals surface area contributed by atoms with Crippen LogP contribution in [0.2, 0.25) is 0 Å². The third-order valence-electron chi connectivity index (χ3n) is 3.09. The van der Waals surface area contributed by atoms with E-state index in [1.54, 1.807) is 0 Å². The summed E-state index contributed by atoms with van der Waals surface area (Å²) in [5, 5.41) is 12.2. The van der Waals surface area contributed by atoms with Crippen LogP contribution < -0.4 is 5.32 Å². The lowest BCUT2D eigenvalue weighted by Gasteiger charge is -2.05. The van der Waals surface area contributed by atoms with E-state index in [0.29, 0.717) is 19.4 Å². The summed E-state index contributed by atoms with van der Waals surface area (Å²) in [5.74, 6) is -1.08. The summed E-state index contributed by atoms with van der Waals surface area (Å²) in [7, 11) is 0. The first-order valence-corrected chi connectivity index (χ1v) is 6.78. The molecule has 1 aromatic heterocycles. The number of rotatable bonds is 8. The number of aromatic amines is 1. The largest absolute Gasteiger partial charge is 0.480 e. The second-order valence-corrected chi connectivity index (χ2v) is 4.66. The number of hydrogen-bond acceptors (Lipinski definition) is 3. The third kappa shape index (κ3) is 4.61. The minimum atomic E-state index is -1.01. The molecule has 0 radical (unpaired) electrons. The second-order valence-electron chi connectivity index (χ2n) is 4.66. The lowest BCUT2D eigenvalue weighted by molar-refractivity contribution is -0.142. The Morgan fingerprint density at radius 1 is 1.29 bits per heavy atom. The van der Waals surface area contributed by atoms with E-state index in [0.717, 1.165) is 16.5 Å². The van der Waals surface area contributed by atoms with Gasteiger partial charge in [0.2, 0.25) is 5.91 Å². The summed E-state index contributed by atoms with van der Waals surface area (Å²) in [6.45, 7) is 0.177. The summed E-state index contributed by atoms with van der Waals surface area (Å²) in [6.07, 6.45) is 2.97. The molecule has 0 bridgehead atoms. The number of aliphatic carboxylic acids is 1. The summed E-state index contributed by atoms with van der Waals surface area (Å²) < 4.78 is 4.83. The minimum absolute atomic E-state index is 0.0702. The number of aryl methyl sites for hydroxylation is 1. The number of hydrogen-bond donors (Lipinski definition) is 3. The molecule has 0 aliphatic carbocycles. The molecule has 0 saturated heterocycles. The molecule has 0 atom stereocenters. The Labute approximate surface area is 122 Å². The molecule has 0 saturated carbocycles. The molecule has 21 heavy (non-hydrogen) atoms. The van der Waals surface area contributed by atoms with Gasteiger partial charge in [-0.1, -0.05) is 18.2 Å². The molecule has 0 spiro atoms. The normalized spacial score (nSPS) is 10.7. The molecule has 0 fully saturated rings. The Kier molecular flexibility index (Phi) is 5.34. The van der Waals surface area contributed by atoms with E-state index >= 15 is 0 Å². The standard InChI is InChI=1S/C15H18N2O4/c18-14(16-7-8-21-10-15(19)20)6-5-11-9-17-13-4-2-1-3-12(11)13/h1-4,9,17H,5-8,10H2,(H,16,18)(H,19,20). The van der Waals surface area contributed by atoms with Gasteiger partial charge in [-0.25, -0.2) is 4.79 Å². The number of benzene rings is 1. The van der Waals surface area contributed by atoms with Crippen LogP contribution in [-0.2, 0) is 20.7 Å². The molecule has 0 aliphatic rings. The monoisotopic (exact) mass is 290 g/mol. The van der Waals surface area contributed by atoms with Crippen molar-refractivity contribution >= 4 is 22.8 Å². The molecular weight excluding hydrogens is 272 g/mol. The summed E-state index contributed by atoms with van der Waals surface area (Å²) in [5.41, 5.74) is 2.18. The predicted octanol–water partition coefficient (Wildman–Crippen LogP) is 1.32. The van der Waals surface area contributed by atoms with E-state index in [1.807, 2.05) is 30.5 Å². The third-order valence-corrected chi connectivity index (χ3v) is 3.09. The van der Waals surface area contributed by atoms with Crippen molar-refractivity contribution in [3.63, 3.8) is 0 Å². The van der Waals surface area contributed by atoms with Gasteiger partial charge in [0.05, 0.1) is 6.61 Å². The van der Waals surface area contributed by atoms with Crippen LogP contribution in [0, 0.1) is 0 Å². The molecule has 3 N–H and O–H groups in total. The van der Waals surface area contributed by atoms with Crippen LogP contribution in [0.4, 0.5) is 0 Å². The summed E-state index contributed by atoms with van der Waals surface area (Å²) in [6, 6.07) is 7.96. The first-order valence-electron chi connectivity index (χ1n) is 6.78. The number of nitrogens with one attached hydrogen (secondary N) is 2. The van der Waals surface area contributed by atoms with Crippen molar-refractivity contribution < 1.29 is 19.4 Å². The quantitative estimate of drug-likeness (QED) is 0.639. The molecule has 112 valence electrons. The van der Waals surface area contributed by atoms with E-state index in [4.69, 9.17) is 9.84 Å². The molecule has 6 nitrogen and oxygen atoms in total. The molecule has 2 rings (SSSR count). The number of aromatic nitrogens is 1. The Bertz CT molecular complexity index is 621. The Morgan fingerprint density at radius 3 is 2.90 bits per heavy atom. The maximum absolute atomic E-state index is 11.7. The summed E-state index contributed by atoms with van der Waals surface area (Å²) in [4.78, 5) is 25.1. The molecule has 1 amide bonds. The smallest absolute Gasteiger partial charge is 0.329 e. The molecule has 1 aromatic carbocycles. The average Bonchev–Trinajstić information content (AvgIpc) is 2.87. The van der Waals surface area contributed by atoms with Gasteiger partial charge in [-0.15, -0.1) is 0 Å². The number of carbonyl (C=O) groups is 2. The highest BCUT2D eigenvalue weighted by molar-refractivity contribution is 5.84. The van der Waals surface area contributed by atoms with Crippen LogP contribution in [0.5, 0.6) is 0 Å². The van der Waals surface area contributed by atoms with E-state index in [9.17, 15) is 9.59 Å². The number of carbonyl (C=O) groups excluding carboxylic acids is 1. The van der Waals surface area contributed by atoms with Crippen molar-refractivity contribution in [3.8, 4) is 0 Å². The fraction of sp³-hybridized carbons (Fsp3) is 0.333. The zero-order valence-corrected chi connectivity index (χ0v) is 11.6. The zero-order chi connectivity index (χ0) is 15.1.